The van der Waals surface area contributed by atoms with Crippen LogP contribution in [0.25, 0.3) is 0 Å². The summed E-state index contributed by atoms with van der Waals surface area (Å²) in [7, 11) is 0. The highest BCUT2D eigenvalue weighted by atomic mass is 19.1. The molecule has 2 aliphatic rings. The Labute approximate surface area is 125 Å². The number of carbonyl (C=O) groups excluding carboxylic acids is 1. The van der Waals surface area contributed by atoms with E-state index in [1.165, 1.54) is 18.9 Å². The van der Waals surface area contributed by atoms with Gasteiger partial charge in [0.1, 0.15) is 5.82 Å². The second-order valence-corrected chi connectivity index (χ2v) is 6.30. The Balaban J connectivity index is 1.60. The normalized spacial score (nSPS) is 23.5. The van der Waals surface area contributed by atoms with Crippen molar-refractivity contribution in [1.82, 2.24) is 10.2 Å². The van der Waals surface area contributed by atoms with Crippen molar-refractivity contribution in [2.45, 2.75) is 38.6 Å². The fourth-order valence-corrected chi connectivity index (χ4v) is 3.53. The number of nitrogens with zero attached hydrogens (tertiary/aromatic N) is 1. The molecule has 0 bridgehead atoms. The Hall–Kier alpha value is -1.42. The average Bonchev–Trinajstić information content (AvgIpc) is 3.04. The maximum absolute atomic E-state index is 13.6. The van der Waals surface area contributed by atoms with Crippen molar-refractivity contribution in [3.8, 4) is 0 Å². The molecular formula is C17H23FN2O. The van der Waals surface area contributed by atoms with E-state index in [4.69, 9.17) is 0 Å². The zero-order valence-electron chi connectivity index (χ0n) is 12.6. The van der Waals surface area contributed by atoms with E-state index in [1.54, 1.807) is 19.1 Å². The van der Waals surface area contributed by atoms with Gasteiger partial charge in [-0.3, -0.25) is 4.79 Å². The number of hydrogen-bond donors (Lipinski definition) is 1. The van der Waals surface area contributed by atoms with Crippen LogP contribution >= 0.6 is 0 Å². The highest BCUT2D eigenvalue weighted by Gasteiger charge is 2.30. The third-order valence-corrected chi connectivity index (χ3v) is 4.91. The standard InChI is InChI=1S/C17H23FN2O/c1-12-4-5-14(11-15(12)18)17(21)20-9-6-13(7-10-20)16-3-2-8-19-16/h4-5,11,13,16,19H,2-3,6-10H2,1H3. The maximum atomic E-state index is 13.6. The Kier molecular flexibility index (Phi) is 4.24. The van der Waals surface area contributed by atoms with Gasteiger partial charge in [-0.15, -0.1) is 0 Å². The van der Waals surface area contributed by atoms with Gasteiger partial charge < -0.3 is 10.2 Å². The molecule has 0 aromatic heterocycles. The van der Waals surface area contributed by atoms with Crippen LogP contribution in [0.2, 0.25) is 0 Å². The second kappa shape index (κ2) is 6.14. The lowest BCUT2D eigenvalue weighted by Crippen LogP contribution is -2.43. The number of nitrogens with one attached hydrogen (secondary N) is 1. The molecule has 1 N–H and O–H groups in total. The van der Waals surface area contributed by atoms with E-state index in [-0.39, 0.29) is 11.7 Å². The van der Waals surface area contributed by atoms with Crippen molar-refractivity contribution in [2.75, 3.05) is 19.6 Å². The first kappa shape index (κ1) is 14.5. The molecule has 2 aliphatic heterocycles. The van der Waals surface area contributed by atoms with Crippen LogP contribution in [-0.2, 0) is 0 Å². The topological polar surface area (TPSA) is 32.3 Å². The van der Waals surface area contributed by atoms with Gasteiger partial charge in [-0.25, -0.2) is 4.39 Å². The SMILES string of the molecule is Cc1ccc(C(=O)N2CCC(C3CCCN3)CC2)cc1F. The van der Waals surface area contributed by atoms with Gasteiger partial charge in [0, 0.05) is 24.7 Å². The summed E-state index contributed by atoms with van der Waals surface area (Å²) in [6, 6.07) is 5.41. The van der Waals surface area contributed by atoms with Crippen molar-refractivity contribution in [3.63, 3.8) is 0 Å². The van der Waals surface area contributed by atoms with E-state index in [2.05, 4.69) is 5.32 Å². The molecule has 3 rings (SSSR count). The fourth-order valence-electron chi connectivity index (χ4n) is 3.53. The molecule has 2 fully saturated rings. The number of hydrogen-bond acceptors (Lipinski definition) is 2. The molecule has 2 saturated heterocycles. The predicted molar refractivity (Wildman–Crippen MR) is 80.8 cm³/mol. The molecule has 114 valence electrons. The van der Waals surface area contributed by atoms with Gasteiger partial charge in [0.05, 0.1) is 0 Å². The molecule has 0 radical (unpaired) electrons. The number of amides is 1. The molecule has 1 aromatic carbocycles. The van der Waals surface area contributed by atoms with Gasteiger partial charge in [-0.2, -0.15) is 0 Å². The predicted octanol–water partition coefficient (Wildman–Crippen LogP) is 2.74. The highest BCUT2D eigenvalue weighted by molar-refractivity contribution is 5.94. The summed E-state index contributed by atoms with van der Waals surface area (Å²) in [5.74, 6) is 0.351. The summed E-state index contributed by atoms with van der Waals surface area (Å²) in [4.78, 5) is 14.3. The largest absolute Gasteiger partial charge is 0.339 e. The molecule has 2 heterocycles. The zero-order valence-corrected chi connectivity index (χ0v) is 12.6. The fraction of sp³-hybridized carbons (Fsp3) is 0.588. The van der Waals surface area contributed by atoms with E-state index in [0.717, 1.165) is 32.5 Å². The first-order valence-corrected chi connectivity index (χ1v) is 7.94. The maximum Gasteiger partial charge on any atom is 0.253 e. The summed E-state index contributed by atoms with van der Waals surface area (Å²) in [5, 5.41) is 3.56. The molecule has 0 spiro atoms. The van der Waals surface area contributed by atoms with Crippen molar-refractivity contribution < 1.29 is 9.18 Å². The van der Waals surface area contributed by atoms with Gasteiger partial charge in [0.2, 0.25) is 0 Å². The van der Waals surface area contributed by atoms with Crippen molar-refractivity contribution in [2.24, 2.45) is 5.92 Å². The summed E-state index contributed by atoms with van der Waals surface area (Å²) in [6.07, 6.45) is 4.64. The highest BCUT2D eigenvalue weighted by Crippen LogP contribution is 2.26. The Morgan fingerprint density at radius 2 is 2.05 bits per heavy atom. The molecule has 1 atom stereocenters. The Morgan fingerprint density at radius 1 is 1.29 bits per heavy atom. The summed E-state index contributed by atoms with van der Waals surface area (Å²) in [6.45, 7) is 4.42. The van der Waals surface area contributed by atoms with Crippen molar-refractivity contribution in [1.29, 1.82) is 0 Å². The van der Waals surface area contributed by atoms with Crippen LogP contribution < -0.4 is 5.32 Å². The van der Waals surface area contributed by atoms with Crippen LogP contribution in [0.15, 0.2) is 18.2 Å². The molecular weight excluding hydrogens is 267 g/mol. The second-order valence-electron chi connectivity index (χ2n) is 6.30. The zero-order chi connectivity index (χ0) is 14.8. The monoisotopic (exact) mass is 290 g/mol. The summed E-state index contributed by atoms with van der Waals surface area (Å²) >= 11 is 0. The molecule has 1 unspecified atom stereocenters. The van der Waals surface area contributed by atoms with Crippen LogP contribution in [0.1, 0.15) is 41.6 Å². The van der Waals surface area contributed by atoms with Crippen LogP contribution in [0, 0.1) is 18.7 Å². The van der Waals surface area contributed by atoms with E-state index in [0.29, 0.717) is 23.1 Å². The Morgan fingerprint density at radius 3 is 2.67 bits per heavy atom. The number of rotatable bonds is 2. The lowest BCUT2D eigenvalue weighted by molar-refractivity contribution is 0.0674. The molecule has 1 aromatic rings. The van der Waals surface area contributed by atoms with Crippen LogP contribution in [0.3, 0.4) is 0 Å². The number of halogens is 1. The van der Waals surface area contributed by atoms with Gasteiger partial charge in [-0.05, 0) is 62.8 Å². The molecule has 0 aliphatic carbocycles. The average molecular weight is 290 g/mol. The van der Waals surface area contributed by atoms with E-state index >= 15 is 0 Å². The Bertz CT molecular complexity index is 518. The van der Waals surface area contributed by atoms with Crippen molar-refractivity contribution >= 4 is 5.91 Å². The molecule has 4 heteroatoms. The number of piperidine rings is 1. The van der Waals surface area contributed by atoms with E-state index < -0.39 is 0 Å². The van der Waals surface area contributed by atoms with Gasteiger partial charge in [0.25, 0.3) is 5.91 Å². The number of likely N-dealkylation sites (tertiary alicyclic amines) is 1. The number of benzene rings is 1. The van der Waals surface area contributed by atoms with Crippen LogP contribution in [0.5, 0.6) is 0 Å². The van der Waals surface area contributed by atoms with Crippen molar-refractivity contribution in [3.05, 3.63) is 35.1 Å². The summed E-state index contributed by atoms with van der Waals surface area (Å²) in [5.41, 5.74) is 1.05. The third kappa shape index (κ3) is 3.10. The van der Waals surface area contributed by atoms with Crippen LogP contribution in [-0.4, -0.2) is 36.5 Å². The molecule has 0 saturated carbocycles. The molecule has 1 amide bonds. The number of aryl methyl sites for hydroxylation is 1. The minimum atomic E-state index is -0.300. The number of carbonyl (C=O) groups is 1. The third-order valence-electron chi connectivity index (χ3n) is 4.91. The molecule has 21 heavy (non-hydrogen) atoms. The molecule has 3 nitrogen and oxygen atoms in total. The first-order chi connectivity index (χ1) is 10.1. The minimum Gasteiger partial charge on any atom is -0.339 e. The van der Waals surface area contributed by atoms with Crippen LogP contribution in [0.4, 0.5) is 4.39 Å². The van der Waals surface area contributed by atoms with E-state index in [1.807, 2.05) is 4.90 Å². The summed E-state index contributed by atoms with van der Waals surface area (Å²) < 4.78 is 13.6. The lowest BCUT2D eigenvalue weighted by Gasteiger charge is -2.35. The van der Waals surface area contributed by atoms with Gasteiger partial charge >= 0.3 is 0 Å². The quantitative estimate of drug-likeness (QED) is 0.908. The minimum absolute atomic E-state index is 0.0354. The van der Waals surface area contributed by atoms with Gasteiger partial charge in [-0.1, -0.05) is 6.07 Å². The smallest absolute Gasteiger partial charge is 0.253 e. The van der Waals surface area contributed by atoms with Gasteiger partial charge in [0.15, 0.2) is 0 Å². The first-order valence-electron chi connectivity index (χ1n) is 7.94. The van der Waals surface area contributed by atoms with E-state index in [9.17, 15) is 9.18 Å². The lowest BCUT2D eigenvalue weighted by atomic mass is 9.88.